The van der Waals surface area contributed by atoms with Crippen molar-refractivity contribution in [2.75, 3.05) is 6.54 Å². The summed E-state index contributed by atoms with van der Waals surface area (Å²) in [6.45, 7) is 5.16. The van der Waals surface area contributed by atoms with E-state index in [9.17, 15) is 4.79 Å². The summed E-state index contributed by atoms with van der Waals surface area (Å²) in [5.41, 5.74) is -0.172. The first-order chi connectivity index (χ1) is 6.12. The van der Waals surface area contributed by atoms with Crippen molar-refractivity contribution in [3.8, 4) is 0 Å². The first-order valence-electron chi connectivity index (χ1n) is 5.42. The molecule has 0 amide bonds. The van der Waals surface area contributed by atoms with Crippen molar-refractivity contribution in [1.82, 2.24) is 4.90 Å². The molecule has 1 aliphatic heterocycles. The number of nitrogens with zero attached hydrogens (tertiary/aromatic N) is 1. The van der Waals surface area contributed by atoms with E-state index in [1.807, 2.05) is 0 Å². The summed E-state index contributed by atoms with van der Waals surface area (Å²) in [5, 5.41) is 0. The molecule has 2 aliphatic rings. The van der Waals surface area contributed by atoms with Crippen LogP contribution in [0.25, 0.3) is 0 Å². The van der Waals surface area contributed by atoms with E-state index in [-0.39, 0.29) is 5.54 Å². The van der Waals surface area contributed by atoms with Crippen molar-refractivity contribution in [1.29, 1.82) is 0 Å². The Balaban J connectivity index is 2.11. The fraction of sp³-hybridized carbons (Fsp3) is 0.909. The lowest BCUT2D eigenvalue weighted by atomic mass is 9.98. The molecule has 2 rings (SSSR count). The van der Waals surface area contributed by atoms with E-state index in [1.165, 1.54) is 25.7 Å². The number of hydrogen-bond acceptors (Lipinski definition) is 2. The van der Waals surface area contributed by atoms with Gasteiger partial charge in [-0.15, -0.1) is 0 Å². The van der Waals surface area contributed by atoms with Gasteiger partial charge in [-0.25, -0.2) is 0 Å². The van der Waals surface area contributed by atoms with Gasteiger partial charge in [0.15, 0.2) is 5.78 Å². The van der Waals surface area contributed by atoms with Crippen LogP contribution in [0.1, 0.15) is 46.0 Å². The zero-order chi connectivity index (χ0) is 9.47. The number of rotatable bonds is 1. The van der Waals surface area contributed by atoms with Crippen molar-refractivity contribution >= 4 is 5.78 Å². The summed E-state index contributed by atoms with van der Waals surface area (Å²) in [4.78, 5) is 14.1. The van der Waals surface area contributed by atoms with Crippen LogP contribution in [0.5, 0.6) is 0 Å². The first-order valence-corrected chi connectivity index (χ1v) is 5.42. The summed E-state index contributed by atoms with van der Waals surface area (Å²) >= 11 is 0. The van der Waals surface area contributed by atoms with Crippen LogP contribution >= 0.6 is 0 Å². The standard InChI is InChI=1S/C11H19NO/c1-11(2)10(13)7-8-12(11)9-5-3-4-6-9/h9H,3-8H2,1-2H3. The number of Topliss-reactive ketones (excluding diaryl/α,β-unsaturated/α-hetero) is 1. The predicted octanol–water partition coefficient (Wildman–Crippen LogP) is 1.98. The quantitative estimate of drug-likeness (QED) is 0.616. The maximum absolute atomic E-state index is 11.6. The highest BCUT2D eigenvalue weighted by molar-refractivity contribution is 5.89. The second-order valence-corrected chi connectivity index (χ2v) is 4.86. The molecule has 2 fully saturated rings. The van der Waals surface area contributed by atoms with E-state index < -0.39 is 0 Å². The maximum atomic E-state index is 11.6. The highest BCUT2D eigenvalue weighted by Gasteiger charge is 2.43. The minimum absolute atomic E-state index is 0.172. The normalized spacial score (nSPS) is 30.2. The molecular formula is C11H19NO. The molecule has 2 heteroatoms. The van der Waals surface area contributed by atoms with Gasteiger partial charge in [0.1, 0.15) is 0 Å². The average molecular weight is 181 g/mol. The lowest BCUT2D eigenvalue weighted by Crippen LogP contribution is -2.47. The second-order valence-electron chi connectivity index (χ2n) is 4.86. The van der Waals surface area contributed by atoms with Gasteiger partial charge in [-0.3, -0.25) is 9.69 Å². The lowest BCUT2D eigenvalue weighted by molar-refractivity contribution is -0.124. The van der Waals surface area contributed by atoms with Gasteiger partial charge in [-0.1, -0.05) is 12.8 Å². The van der Waals surface area contributed by atoms with Crippen LogP contribution in [0, 0.1) is 0 Å². The van der Waals surface area contributed by atoms with E-state index in [2.05, 4.69) is 18.7 Å². The third-order valence-electron chi connectivity index (χ3n) is 3.75. The Morgan fingerprint density at radius 3 is 2.38 bits per heavy atom. The van der Waals surface area contributed by atoms with Crippen LogP contribution in [0.2, 0.25) is 0 Å². The third-order valence-corrected chi connectivity index (χ3v) is 3.75. The van der Waals surface area contributed by atoms with E-state index in [1.54, 1.807) is 0 Å². The SMILES string of the molecule is CC1(C)C(=O)CCN1C1CCCC1. The fourth-order valence-corrected chi connectivity index (χ4v) is 2.82. The molecule has 0 N–H and O–H groups in total. The van der Waals surface area contributed by atoms with Crippen molar-refractivity contribution in [3.05, 3.63) is 0 Å². The Hall–Kier alpha value is -0.370. The monoisotopic (exact) mass is 181 g/mol. The number of hydrogen-bond donors (Lipinski definition) is 0. The number of ketones is 1. The van der Waals surface area contributed by atoms with Gasteiger partial charge in [-0.2, -0.15) is 0 Å². The molecule has 1 heterocycles. The van der Waals surface area contributed by atoms with Crippen molar-refractivity contribution in [2.24, 2.45) is 0 Å². The summed E-state index contributed by atoms with van der Waals surface area (Å²) in [6.07, 6.45) is 6.08. The highest BCUT2D eigenvalue weighted by Crippen LogP contribution is 2.33. The molecule has 0 spiro atoms. The van der Waals surface area contributed by atoms with Gasteiger partial charge in [-0.05, 0) is 26.7 Å². The van der Waals surface area contributed by atoms with E-state index >= 15 is 0 Å². The average Bonchev–Trinajstić information content (AvgIpc) is 2.62. The molecule has 0 unspecified atom stereocenters. The zero-order valence-electron chi connectivity index (χ0n) is 8.68. The Bertz CT molecular complexity index is 216. The van der Waals surface area contributed by atoms with Crippen LogP contribution in [-0.2, 0) is 4.79 Å². The summed E-state index contributed by atoms with van der Waals surface area (Å²) in [6, 6.07) is 0.696. The Labute approximate surface area is 80.3 Å². The van der Waals surface area contributed by atoms with Gasteiger partial charge in [0, 0.05) is 19.0 Å². The van der Waals surface area contributed by atoms with Crippen LogP contribution in [0.3, 0.4) is 0 Å². The Morgan fingerprint density at radius 1 is 1.31 bits per heavy atom. The van der Waals surface area contributed by atoms with E-state index in [4.69, 9.17) is 0 Å². The topological polar surface area (TPSA) is 20.3 Å². The summed E-state index contributed by atoms with van der Waals surface area (Å²) in [7, 11) is 0. The molecule has 2 nitrogen and oxygen atoms in total. The number of likely N-dealkylation sites (tertiary alicyclic amines) is 1. The third kappa shape index (κ3) is 1.41. The minimum atomic E-state index is -0.172. The molecule has 13 heavy (non-hydrogen) atoms. The van der Waals surface area contributed by atoms with E-state index in [0.717, 1.165) is 13.0 Å². The molecule has 0 bridgehead atoms. The number of carbonyl (C=O) groups is 1. The highest BCUT2D eigenvalue weighted by atomic mass is 16.1. The zero-order valence-corrected chi connectivity index (χ0v) is 8.68. The molecule has 0 atom stereocenters. The first kappa shape index (κ1) is 9.20. The molecule has 1 saturated carbocycles. The molecule has 1 aliphatic carbocycles. The smallest absolute Gasteiger partial charge is 0.153 e. The van der Waals surface area contributed by atoms with Gasteiger partial charge in [0.25, 0.3) is 0 Å². The van der Waals surface area contributed by atoms with Crippen molar-refractivity contribution in [2.45, 2.75) is 57.5 Å². The molecule has 0 aromatic rings. The largest absolute Gasteiger partial charge is 0.298 e. The molecule has 0 aromatic heterocycles. The fourth-order valence-electron chi connectivity index (χ4n) is 2.82. The molecule has 0 radical (unpaired) electrons. The van der Waals surface area contributed by atoms with Crippen LogP contribution in [0.4, 0.5) is 0 Å². The van der Waals surface area contributed by atoms with Gasteiger partial charge >= 0.3 is 0 Å². The minimum Gasteiger partial charge on any atom is -0.298 e. The lowest BCUT2D eigenvalue weighted by Gasteiger charge is -2.35. The van der Waals surface area contributed by atoms with Gasteiger partial charge in [0.2, 0.25) is 0 Å². The summed E-state index contributed by atoms with van der Waals surface area (Å²) in [5.74, 6) is 0.430. The summed E-state index contributed by atoms with van der Waals surface area (Å²) < 4.78 is 0. The van der Waals surface area contributed by atoms with E-state index in [0.29, 0.717) is 11.8 Å². The van der Waals surface area contributed by atoms with Gasteiger partial charge < -0.3 is 0 Å². The van der Waals surface area contributed by atoms with Crippen LogP contribution in [-0.4, -0.2) is 28.8 Å². The van der Waals surface area contributed by atoms with Gasteiger partial charge in [0.05, 0.1) is 5.54 Å². The van der Waals surface area contributed by atoms with Crippen LogP contribution in [0.15, 0.2) is 0 Å². The Kier molecular flexibility index (Phi) is 2.18. The second kappa shape index (κ2) is 3.09. The molecule has 1 saturated heterocycles. The maximum Gasteiger partial charge on any atom is 0.153 e. The molecule has 74 valence electrons. The Morgan fingerprint density at radius 2 is 1.92 bits per heavy atom. The number of carbonyl (C=O) groups excluding carboxylic acids is 1. The molecular weight excluding hydrogens is 162 g/mol. The predicted molar refractivity (Wildman–Crippen MR) is 52.7 cm³/mol. The van der Waals surface area contributed by atoms with Crippen molar-refractivity contribution < 1.29 is 4.79 Å². The molecule has 0 aromatic carbocycles. The van der Waals surface area contributed by atoms with Crippen LogP contribution < -0.4 is 0 Å². The van der Waals surface area contributed by atoms with Crippen molar-refractivity contribution in [3.63, 3.8) is 0 Å².